The second-order valence-corrected chi connectivity index (χ2v) is 15.4. The molecule has 1 N–H and O–H groups in total. The van der Waals surface area contributed by atoms with Crippen LogP contribution in [0.2, 0.25) is 0 Å². The molecule has 0 unspecified atom stereocenters. The molecule has 0 saturated carbocycles. The first kappa shape index (κ1) is 36.1. The van der Waals surface area contributed by atoms with Crippen molar-refractivity contribution >= 4 is 33.2 Å². The summed E-state index contributed by atoms with van der Waals surface area (Å²) in [6.07, 6.45) is 18.2. The van der Waals surface area contributed by atoms with E-state index >= 15 is 0 Å². The van der Waals surface area contributed by atoms with E-state index in [9.17, 15) is 17.8 Å². The van der Waals surface area contributed by atoms with E-state index in [1.807, 2.05) is 24.3 Å². The van der Waals surface area contributed by atoms with Crippen LogP contribution in [0.4, 0.5) is 11.4 Å². The maximum atomic E-state index is 11.1. The van der Waals surface area contributed by atoms with Crippen molar-refractivity contribution in [3.63, 3.8) is 0 Å². The minimum Gasteiger partial charge on any atom is -0.748 e. The first-order valence-electron chi connectivity index (χ1n) is 16.7. The van der Waals surface area contributed by atoms with Crippen molar-refractivity contribution in [3.8, 4) is 0 Å². The lowest BCUT2D eigenvalue weighted by atomic mass is 9.81. The Balaban J connectivity index is 1.51. The Bertz CT molecular complexity index is 1740. The zero-order valence-corrected chi connectivity index (χ0v) is 29.6. The van der Waals surface area contributed by atoms with Crippen LogP contribution in [-0.2, 0) is 25.7 Å². The van der Waals surface area contributed by atoms with Crippen molar-refractivity contribution in [2.45, 2.75) is 90.9 Å². The minimum absolute atomic E-state index is 0.157. The Hall–Kier alpha value is -3.75. The Labute approximate surface area is 281 Å². The molecule has 0 amide bonds. The van der Waals surface area contributed by atoms with Gasteiger partial charge in [-0.15, -0.1) is 0 Å². The largest absolute Gasteiger partial charge is 0.748 e. The molecule has 47 heavy (non-hydrogen) atoms. The van der Waals surface area contributed by atoms with Crippen LogP contribution in [0.1, 0.15) is 88.5 Å². The standard InChI is InChI=1S/C39H50N2O5S/c1-29-20-22-33-31(27-29)38(3,4)35(40(33)24-14-10-13-19-37(42)43)17-11-8-7-9-12-18-36-39(5,6)32-28-30(2)21-23-34(32)41(36)25-15-16-26-47(44,45)46/h7-9,11-12,17-18,20-23,27-28H,10,13-16,19,24-26H2,1-6H3,(H-,42,43,44,45,46). The Morgan fingerprint density at radius 2 is 1.51 bits per heavy atom. The monoisotopic (exact) mass is 658 g/mol. The molecule has 0 fully saturated rings. The molecule has 4 rings (SSSR count). The maximum absolute atomic E-state index is 11.1. The van der Waals surface area contributed by atoms with Crippen molar-refractivity contribution in [2.24, 2.45) is 0 Å². The van der Waals surface area contributed by atoms with Gasteiger partial charge in [0.15, 0.2) is 5.71 Å². The molecule has 0 spiro atoms. The van der Waals surface area contributed by atoms with Crippen molar-refractivity contribution < 1.29 is 27.4 Å². The van der Waals surface area contributed by atoms with E-state index in [2.05, 4.69) is 106 Å². The molecule has 2 aromatic rings. The summed E-state index contributed by atoms with van der Waals surface area (Å²) in [7, 11) is -4.22. The van der Waals surface area contributed by atoms with Gasteiger partial charge in [0.05, 0.1) is 15.5 Å². The highest BCUT2D eigenvalue weighted by atomic mass is 32.2. The number of nitrogens with zero attached hydrogens (tertiary/aromatic N) is 2. The molecular formula is C39H50N2O5S. The topological polar surface area (TPSA) is 101 Å². The average Bonchev–Trinajstić information content (AvgIpc) is 3.31. The van der Waals surface area contributed by atoms with E-state index in [4.69, 9.17) is 5.11 Å². The van der Waals surface area contributed by atoms with Gasteiger partial charge in [0.1, 0.15) is 6.54 Å². The van der Waals surface area contributed by atoms with E-state index < -0.39 is 16.1 Å². The van der Waals surface area contributed by atoms with Gasteiger partial charge < -0.3 is 14.6 Å². The summed E-state index contributed by atoms with van der Waals surface area (Å²) in [5.41, 5.74) is 9.32. The summed E-state index contributed by atoms with van der Waals surface area (Å²) < 4.78 is 35.8. The summed E-state index contributed by atoms with van der Waals surface area (Å²) in [5.74, 6) is -1.08. The number of aryl methyl sites for hydroxylation is 2. The normalized spacial score (nSPS) is 17.9. The van der Waals surface area contributed by atoms with Crippen LogP contribution in [0.3, 0.4) is 0 Å². The smallest absolute Gasteiger partial charge is 0.303 e. The van der Waals surface area contributed by atoms with Crippen LogP contribution in [-0.4, -0.2) is 53.2 Å². The predicted molar refractivity (Wildman–Crippen MR) is 191 cm³/mol. The highest BCUT2D eigenvalue weighted by molar-refractivity contribution is 7.85. The van der Waals surface area contributed by atoms with E-state index in [0.29, 0.717) is 25.8 Å². The summed E-state index contributed by atoms with van der Waals surface area (Å²) in [4.78, 5) is 13.2. The molecule has 0 aliphatic carbocycles. The Kier molecular flexibility index (Phi) is 11.5. The van der Waals surface area contributed by atoms with Crippen molar-refractivity contribution in [1.82, 2.24) is 0 Å². The molecule has 8 heteroatoms. The third-order valence-electron chi connectivity index (χ3n) is 9.35. The molecule has 0 atom stereocenters. The fraction of sp³-hybridized carbons (Fsp3) is 0.436. The fourth-order valence-electron chi connectivity index (χ4n) is 6.82. The Morgan fingerprint density at radius 3 is 2.21 bits per heavy atom. The van der Waals surface area contributed by atoms with Gasteiger partial charge in [-0.2, -0.15) is 4.58 Å². The zero-order valence-electron chi connectivity index (χ0n) is 28.8. The Morgan fingerprint density at radius 1 is 0.851 bits per heavy atom. The fourth-order valence-corrected chi connectivity index (χ4v) is 7.38. The number of unbranched alkanes of at least 4 members (excludes halogenated alkanes) is 3. The number of carboxylic acids is 1. The number of fused-ring (bicyclic) bond motifs is 2. The number of carboxylic acid groups (broad SMARTS) is 1. The highest BCUT2D eigenvalue weighted by Gasteiger charge is 2.44. The van der Waals surface area contributed by atoms with Crippen LogP contribution in [0, 0.1) is 13.8 Å². The number of hydrogen-bond acceptors (Lipinski definition) is 5. The van der Waals surface area contributed by atoms with Gasteiger partial charge in [0.2, 0.25) is 5.69 Å². The number of hydrogen-bond donors (Lipinski definition) is 1. The SMILES string of the molecule is Cc1ccc2c(c1)C(C)(C)C(/C=C/C=C/C=C/C=C1/N(CCCCS(=O)(=O)[O-])c3ccc(C)cc3C1(C)C)=[N+]2CCCCCC(=O)O. The van der Waals surface area contributed by atoms with Crippen molar-refractivity contribution in [1.29, 1.82) is 0 Å². The number of aliphatic carboxylic acids is 1. The lowest BCUT2D eigenvalue weighted by molar-refractivity contribution is -0.438. The summed E-state index contributed by atoms with van der Waals surface area (Å²) in [5, 5.41) is 9.00. The molecular weight excluding hydrogens is 609 g/mol. The van der Waals surface area contributed by atoms with E-state index in [0.717, 1.165) is 30.8 Å². The first-order chi connectivity index (χ1) is 22.1. The van der Waals surface area contributed by atoms with Gasteiger partial charge in [-0.3, -0.25) is 4.79 Å². The third kappa shape index (κ3) is 8.79. The van der Waals surface area contributed by atoms with Gasteiger partial charge in [-0.25, -0.2) is 8.42 Å². The predicted octanol–water partition coefficient (Wildman–Crippen LogP) is 8.00. The van der Waals surface area contributed by atoms with Crippen LogP contribution >= 0.6 is 0 Å². The second kappa shape index (κ2) is 15.0. The summed E-state index contributed by atoms with van der Waals surface area (Å²) >= 11 is 0. The third-order valence-corrected chi connectivity index (χ3v) is 10.1. The highest BCUT2D eigenvalue weighted by Crippen LogP contribution is 2.48. The molecule has 7 nitrogen and oxygen atoms in total. The van der Waals surface area contributed by atoms with E-state index in [-0.39, 0.29) is 23.0 Å². The van der Waals surface area contributed by atoms with E-state index in [1.54, 1.807) is 0 Å². The molecule has 0 bridgehead atoms. The first-order valence-corrected chi connectivity index (χ1v) is 18.2. The molecule has 2 aromatic carbocycles. The number of rotatable bonds is 15. The molecule has 0 radical (unpaired) electrons. The molecule has 2 heterocycles. The molecule has 0 saturated heterocycles. The van der Waals surface area contributed by atoms with Crippen LogP contribution < -0.4 is 4.90 Å². The molecule has 252 valence electrons. The van der Waals surface area contributed by atoms with Crippen LogP contribution in [0.15, 0.2) is 84.6 Å². The van der Waals surface area contributed by atoms with Crippen LogP contribution in [0.5, 0.6) is 0 Å². The minimum atomic E-state index is -4.22. The quantitative estimate of drug-likeness (QED) is 0.0901. The number of carbonyl (C=O) groups is 1. The zero-order chi connectivity index (χ0) is 34.4. The van der Waals surface area contributed by atoms with Gasteiger partial charge >= 0.3 is 5.97 Å². The number of benzene rings is 2. The molecule has 2 aliphatic heterocycles. The summed E-state index contributed by atoms with van der Waals surface area (Å²) in [6, 6.07) is 13.1. The molecule has 0 aromatic heterocycles. The number of anilines is 1. The van der Waals surface area contributed by atoms with Gasteiger partial charge in [0.25, 0.3) is 0 Å². The van der Waals surface area contributed by atoms with Crippen LogP contribution in [0.25, 0.3) is 0 Å². The molecule has 2 aliphatic rings. The summed E-state index contributed by atoms with van der Waals surface area (Å²) in [6.45, 7) is 14.6. The van der Waals surface area contributed by atoms with Crippen molar-refractivity contribution in [3.05, 3.63) is 107 Å². The van der Waals surface area contributed by atoms with Crippen molar-refractivity contribution in [2.75, 3.05) is 23.7 Å². The average molecular weight is 659 g/mol. The van der Waals surface area contributed by atoms with Gasteiger partial charge in [-0.05, 0) is 77.2 Å². The van der Waals surface area contributed by atoms with E-state index in [1.165, 1.54) is 33.7 Å². The lowest BCUT2D eigenvalue weighted by Crippen LogP contribution is -2.28. The maximum Gasteiger partial charge on any atom is 0.303 e. The van der Waals surface area contributed by atoms with Gasteiger partial charge in [-0.1, -0.05) is 73.6 Å². The lowest BCUT2D eigenvalue weighted by Gasteiger charge is -2.27. The second-order valence-electron chi connectivity index (χ2n) is 13.8. The van der Waals surface area contributed by atoms with Gasteiger partial charge in [0, 0.05) is 59.6 Å². The number of allylic oxidation sites excluding steroid dienone is 8.